The lowest BCUT2D eigenvalue weighted by molar-refractivity contribution is 1.23. The van der Waals surface area contributed by atoms with Gasteiger partial charge in [0.1, 0.15) is 0 Å². The van der Waals surface area contributed by atoms with Crippen LogP contribution in [0.4, 0.5) is 0 Å². The zero-order chi connectivity index (χ0) is 4.83. The van der Waals surface area contributed by atoms with Crippen LogP contribution >= 0.6 is 11.6 Å². The van der Waals surface area contributed by atoms with Crippen molar-refractivity contribution in [3.05, 3.63) is 17.3 Å². The van der Waals surface area contributed by atoms with Crippen LogP contribution < -0.4 is 0 Å². The summed E-state index contributed by atoms with van der Waals surface area (Å²) in [6.07, 6.45) is 2.87. The van der Waals surface area contributed by atoms with E-state index in [0.717, 1.165) is 6.42 Å². The summed E-state index contributed by atoms with van der Waals surface area (Å²) < 4.78 is 0. The molecule has 0 aromatic rings. The summed E-state index contributed by atoms with van der Waals surface area (Å²) in [5.41, 5.74) is 4.09. The van der Waals surface area contributed by atoms with Crippen molar-refractivity contribution in [3.63, 3.8) is 0 Å². The van der Waals surface area contributed by atoms with E-state index >= 15 is 0 Å². The van der Waals surface area contributed by atoms with Gasteiger partial charge in [0, 0.05) is 5.54 Å². The third kappa shape index (κ3) is 3.81. The minimum absolute atomic E-state index is 1.00. The molecule has 0 aromatic carbocycles. The standard InChI is InChI=1S/C5H7Cl/c1-2-3-4-5-6/h3,5H,2H2,1H3. The van der Waals surface area contributed by atoms with Crippen LogP contribution in [-0.4, -0.2) is 0 Å². The summed E-state index contributed by atoms with van der Waals surface area (Å²) in [6, 6.07) is 0. The van der Waals surface area contributed by atoms with Crippen molar-refractivity contribution >= 4 is 11.6 Å². The summed E-state index contributed by atoms with van der Waals surface area (Å²) in [5, 5.41) is 0. The maximum Gasteiger partial charge on any atom is 0.0459 e. The quantitative estimate of drug-likeness (QED) is 0.446. The maximum absolute atomic E-state index is 5.11. The van der Waals surface area contributed by atoms with Gasteiger partial charge < -0.3 is 0 Å². The van der Waals surface area contributed by atoms with Gasteiger partial charge in [-0.25, -0.2) is 0 Å². The maximum atomic E-state index is 5.11. The highest BCUT2D eigenvalue weighted by Crippen LogP contribution is 1.76. The fraction of sp³-hybridized carbons (Fsp3) is 0.400. The van der Waals surface area contributed by atoms with Crippen LogP contribution in [0.3, 0.4) is 0 Å². The molecule has 0 radical (unpaired) electrons. The largest absolute Gasteiger partial charge is 0.113 e. The molecule has 0 rings (SSSR count). The van der Waals surface area contributed by atoms with Crippen molar-refractivity contribution in [2.75, 3.05) is 0 Å². The molecule has 0 saturated carbocycles. The van der Waals surface area contributed by atoms with E-state index in [0.29, 0.717) is 0 Å². The van der Waals surface area contributed by atoms with Crippen molar-refractivity contribution in [3.8, 4) is 0 Å². The van der Waals surface area contributed by atoms with Gasteiger partial charge >= 0.3 is 0 Å². The molecule has 6 heavy (non-hydrogen) atoms. The molecule has 0 nitrogen and oxygen atoms in total. The van der Waals surface area contributed by atoms with Crippen molar-refractivity contribution in [1.82, 2.24) is 0 Å². The van der Waals surface area contributed by atoms with E-state index in [1.54, 1.807) is 0 Å². The van der Waals surface area contributed by atoms with Crippen molar-refractivity contribution in [1.29, 1.82) is 0 Å². The van der Waals surface area contributed by atoms with Gasteiger partial charge in [-0.15, -0.1) is 5.73 Å². The fourth-order valence-electron chi connectivity index (χ4n) is 0.162. The Hall–Kier alpha value is -0.190. The van der Waals surface area contributed by atoms with Gasteiger partial charge in [0.15, 0.2) is 0 Å². The average molecular weight is 103 g/mol. The lowest BCUT2D eigenvalue weighted by atomic mass is 10.5. The first-order chi connectivity index (χ1) is 2.91. The van der Waals surface area contributed by atoms with Crippen LogP contribution in [0.2, 0.25) is 0 Å². The van der Waals surface area contributed by atoms with Gasteiger partial charge in [0.25, 0.3) is 0 Å². The smallest absolute Gasteiger partial charge is 0.0459 e. The van der Waals surface area contributed by atoms with E-state index in [4.69, 9.17) is 11.6 Å². The molecule has 0 aliphatic heterocycles. The first kappa shape index (κ1) is 5.81. The molecule has 0 fully saturated rings. The number of hydrogen-bond donors (Lipinski definition) is 0. The Morgan fingerprint density at radius 3 is 2.67 bits per heavy atom. The zero-order valence-electron chi connectivity index (χ0n) is 3.74. The summed E-state index contributed by atoms with van der Waals surface area (Å²) in [5.74, 6) is 0. The second-order valence-electron chi connectivity index (χ2n) is 0.888. The summed E-state index contributed by atoms with van der Waals surface area (Å²) >= 11 is 5.11. The third-order valence-corrected chi connectivity index (χ3v) is 0.511. The topological polar surface area (TPSA) is 0 Å². The third-order valence-electron chi connectivity index (χ3n) is 0.385. The zero-order valence-corrected chi connectivity index (χ0v) is 4.50. The highest BCUT2D eigenvalue weighted by molar-refractivity contribution is 6.25. The predicted molar refractivity (Wildman–Crippen MR) is 28.8 cm³/mol. The fourth-order valence-corrected chi connectivity index (χ4v) is 0.251. The molecule has 0 spiro atoms. The highest BCUT2D eigenvalue weighted by atomic mass is 35.5. The SMILES string of the molecule is CCC=C=CCl. The molecule has 34 valence electrons. The summed E-state index contributed by atoms with van der Waals surface area (Å²) in [4.78, 5) is 0. The molecule has 0 aromatic heterocycles. The highest BCUT2D eigenvalue weighted by Gasteiger charge is 1.52. The molecule has 0 N–H and O–H groups in total. The second-order valence-corrected chi connectivity index (χ2v) is 1.11. The van der Waals surface area contributed by atoms with Gasteiger partial charge in [-0.05, 0) is 12.5 Å². The Morgan fingerprint density at radius 2 is 2.50 bits per heavy atom. The van der Waals surface area contributed by atoms with Gasteiger partial charge in [-0.1, -0.05) is 18.5 Å². The van der Waals surface area contributed by atoms with E-state index in [1.807, 2.05) is 13.0 Å². The van der Waals surface area contributed by atoms with Gasteiger partial charge in [-0.3, -0.25) is 0 Å². The molecule has 0 aliphatic carbocycles. The molecule has 0 amide bonds. The summed E-state index contributed by atoms with van der Waals surface area (Å²) in [7, 11) is 0. The van der Waals surface area contributed by atoms with Crippen molar-refractivity contribution in [2.24, 2.45) is 0 Å². The second kappa shape index (κ2) is 4.81. The summed E-state index contributed by atoms with van der Waals surface area (Å²) in [6.45, 7) is 2.04. The Labute approximate surface area is 43.1 Å². The van der Waals surface area contributed by atoms with Crippen molar-refractivity contribution in [2.45, 2.75) is 13.3 Å². The Bertz CT molecular complexity index is 68.0. The predicted octanol–water partition coefficient (Wildman–Crippen LogP) is 2.30. The van der Waals surface area contributed by atoms with Crippen molar-refractivity contribution < 1.29 is 0 Å². The Morgan fingerprint density at radius 1 is 1.83 bits per heavy atom. The minimum Gasteiger partial charge on any atom is -0.113 e. The van der Waals surface area contributed by atoms with E-state index in [-0.39, 0.29) is 0 Å². The van der Waals surface area contributed by atoms with E-state index in [9.17, 15) is 0 Å². The molecular weight excluding hydrogens is 95.5 g/mol. The van der Waals surface area contributed by atoms with Gasteiger partial charge in [0.2, 0.25) is 0 Å². The molecule has 0 aliphatic rings. The van der Waals surface area contributed by atoms with Crippen LogP contribution in [0.15, 0.2) is 17.3 Å². The van der Waals surface area contributed by atoms with E-state index in [1.165, 1.54) is 5.54 Å². The number of halogens is 1. The number of allylic oxidation sites excluding steroid dienone is 1. The van der Waals surface area contributed by atoms with E-state index < -0.39 is 0 Å². The molecule has 0 bridgehead atoms. The minimum atomic E-state index is 1.00. The Balaban J connectivity index is 3.18. The van der Waals surface area contributed by atoms with Crippen LogP contribution in [0.25, 0.3) is 0 Å². The van der Waals surface area contributed by atoms with Crippen LogP contribution in [-0.2, 0) is 0 Å². The first-order valence-corrected chi connectivity index (χ1v) is 2.35. The number of hydrogen-bond acceptors (Lipinski definition) is 0. The Kier molecular flexibility index (Phi) is 4.66. The van der Waals surface area contributed by atoms with Gasteiger partial charge in [-0.2, -0.15) is 0 Å². The molecule has 0 heterocycles. The van der Waals surface area contributed by atoms with E-state index in [2.05, 4.69) is 5.73 Å². The molecule has 0 saturated heterocycles. The monoisotopic (exact) mass is 102 g/mol. The number of rotatable bonds is 1. The average Bonchev–Trinajstić information content (AvgIpc) is 1.61. The van der Waals surface area contributed by atoms with Crippen LogP contribution in [0.1, 0.15) is 13.3 Å². The molecular formula is C5H7Cl. The molecule has 0 atom stereocenters. The molecule has 1 heteroatoms. The van der Waals surface area contributed by atoms with Crippen LogP contribution in [0.5, 0.6) is 0 Å². The lowest BCUT2D eigenvalue weighted by Gasteiger charge is -1.61. The lowest BCUT2D eigenvalue weighted by Crippen LogP contribution is -1.40. The normalized spacial score (nSPS) is 6.33. The van der Waals surface area contributed by atoms with Gasteiger partial charge in [0.05, 0.1) is 0 Å². The first-order valence-electron chi connectivity index (χ1n) is 1.91. The van der Waals surface area contributed by atoms with Crippen LogP contribution in [0, 0.1) is 0 Å². The molecule has 0 unspecified atom stereocenters.